The second-order valence-electron chi connectivity index (χ2n) is 6.20. The Morgan fingerprint density at radius 1 is 1.21 bits per heavy atom. The van der Waals surface area contributed by atoms with Gasteiger partial charge in [0.05, 0.1) is 5.52 Å². The Kier molecular flexibility index (Phi) is 3.79. The van der Waals surface area contributed by atoms with E-state index in [0.29, 0.717) is 0 Å². The van der Waals surface area contributed by atoms with Crippen LogP contribution >= 0.6 is 0 Å². The summed E-state index contributed by atoms with van der Waals surface area (Å²) in [5.41, 5.74) is 4.78. The van der Waals surface area contributed by atoms with Crippen LogP contribution in [0.25, 0.3) is 10.9 Å². The Morgan fingerprint density at radius 3 is 2.58 bits per heavy atom. The highest BCUT2D eigenvalue weighted by Gasteiger charge is 2.18. The first-order valence-corrected chi connectivity index (χ1v) is 7.08. The first-order chi connectivity index (χ1) is 8.93. The van der Waals surface area contributed by atoms with Crippen molar-refractivity contribution in [1.29, 1.82) is 0 Å². The van der Waals surface area contributed by atoms with Crippen molar-refractivity contribution >= 4 is 16.6 Å². The molecule has 0 atom stereocenters. The minimum Gasteiger partial charge on any atom is -0.384 e. The van der Waals surface area contributed by atoms with E-state index in [1.165, 1.54) is 16.6 Å². The summed E-state index contributed by atoms with van der Waals surface area (Å²) in [6.07, 6.45) is 1.13. The van der Waals surface area contributed by atoms with Crippen molar-refractivity contribution in [1.82, 2.24) is 4.98 Å². The topological polar surface area (TPSA) is 24.9 Å². The molecule has 0 bridgehead atoms. The number of aromatic nitrogens is 1. The van der Waals surface area contributed by atoms with Gasteiger partial charge in [0.1, 0.15) is 0 Å². The molecule has 1 heterocycles. The third-order valence-electron chi connectivity index (χ3n) is 3.38. The molecule has 0 radical (unpaired) electrons. The van der Waals surface area contributed by atoms with Crippen LogP contribution in [0, 0.1) is 6.92 Å². The summed E-state index contributed by atoms with van der Waals surface area (Å²) in [7, 11) is 0. The predicted molar refractivity (Wildman–Crippen MR) is 84.0 cm³/mol. The maximum Gasteiger partial charge on any atom is 0.0755 e. The van der Waals surface area contributed by atoms with Gasteiger partial charge in [0.25, 0.3) is 0 Å². The molecular weight excluding hydrogens is 232 g/mol. The lowest BCUT2D eigenvalue weighted by molar-refractivity contribution is 0.571. The second kappa shape index (κ2) is 5.20. The SMILES string of the molecule is CCCNc1cc(C(C)(C)C)nc2c(C)cccc12. The zero-order valence-corrected chi connectivity index (χ0v) is 12.7. The first-order valence-electron chi connectivity index (χ1n) is 7.08. The number of anilines is 1. The fourth-order valence-electron chi connectivity index (χ4n) is 2.18. The van der Waals surface area contributed by atoms with Crippen molar-refractivity contribution in [2.75, 3.05) is 11.9 Å². The van der Waals surface area contributed by atoms with E-state index in [4.69, 9.17) is 4.98 Å². The normalized spacial score (nSPS) is 11.8. The number of aryl methyl sites for hydroxylation is 1. The summed E-state index contributed by atoms with van der Waals surface area (Å²) >= 11 is 0. The van der Waals surface area contributed by atoms with Crippen LogP contribution in [-0.2, 0) is 5.41 Å². The Bertz CT molecular complexity index is 580. The largest absolute Gasteiger partial charge is 0.384 e. The number of rotatable bonds is 3. The molecule has 1 aromatic carbocycles. The van der Waals surface area contributed by atoms with E-state index in [-0.39, 0.29) is 5.41 Å². The summed E-state index contributed by atoms with van der Waals surface area (Å²) < 4.78 is 0. The molecule has 2 nitrogen and oxygen atoms in total. The van der Waals surface area contributed by atoms with Gasteiger partial charge in [0, 0.05) is 28.7 Å². The Hall–Kier alpha value is -1.57. The Balaban J connectivity index is 2.66. The number of hydrogen-bond donors (Lipinski definition) is 1. The van der Waals surface area contributed by atoms with Crippen LogP contribution in [-0.4, -0.2) is 11.5 Å². The van der Waals surface area contributed by atoms with Gasteiger partial charge in [-0.05, 0) is 25.0 Å². The summed E-state index contributed by atoms with van der Waals surface area (Å²) in [5, 5.41) is 4.76. The molecule has 0 aliphatic heterocycles. The van der Waals surface area contributed by atoms with Crippen LogP contribution in [0.4, 0.5) is 5.69 Å². The van der Waals surface area contributed by atoms with Crippen molar-refractivity contribution in [3.63, 3.8) is 0 Å². The zero-order valence-electron chi connectivity index (χ0n) is 12.7. The fourth-order valence-corrected chi connectivity index (χ4v) is 2.18. The van der Waals surface area contributed by atoms with Crippen molar-refractivity contribution in [3.8, 4) is 0 Å². The Morgan fingerprint density at radius 2 is 1.95 bits per heavy atom. The zero-order chi connectivity index (χ0) is 14.0. The highest BCUT2D eigenvalue weighted by Crippen LogP contribution is 2.30. The molecule has 2 rings (SSSR count). The van der Waals surface area contributed by atoms with Crippen LogP contribution in [0.3, 0.4) is 0 Å². The smallest absolute Gasteiger partial charge is 0.0755 e. The average molecular weight is 256 g/mol. The molecule has 0 spiro atoms. The third-order valence-corrected chi connectivity index (χ3v) is 3.38. The van der Waals surface area contributed by atoms with Crippen LogP contribution in [0.2, 0.25) is 0 Å². The van der Waals surface area contributed by atoms with Gasteiger partial charge in [-0.3, -0.25) is 4.98 Å². The van der Waals surface area contributed by atoms with Crippen molar-refractivity contribution in [3.05, 3.63) is 35.5 Å². The van der Waals surface area contributed by atoms with Gasteiger partial charge < -0.3 is 5.32 Å². The number of pyridine rings is 1. The Labute approximate surface area is 116 Å². The molecule has 0 aliphatic rings. The molecular formula is C17H24N2. The molecule has 0 amide bonds. The first kappa shape index (κ1) is 13.9. The molecule has 2 heteroatoms. The number of para-hydroxylation sites is 1. The molecule has 0 unspecified atom stereocenters. The second-order valence-corrected chi connectivity index (χ2v) is 6.20. The average Bonchev–Trinajstić information content (AvgIpc) is 2.35. The fraction of sp³-hybridized carbons (Fsp3) is 0.471. The van der Waals surface area contributed by atoms with E-state index in [1.54, 1.807) is 0 Å². The highest BCUT2D eigenvalue weighted by molar-refractivity contribution is 5.93. The predicted octanol–water partition coefficient (Wildman–Crippen LogP) is 4.66. The van der Waals surface area contributed by atoms with Gasteiger partial charge in [-0.15, -0.1) is 0 Å². The van der Waals surface area contributed by atoms with Gasteiger partial charge in [-0.2, -0.15) is 0 Å². The third kappa shape index (κ3) is 2.89. The lowest BCUT2D eigenvalue weighted by Gasteiger charge is -2.21. The van der Waals surface area contributed by atoms with Gasteiger partial charge >= 0.3 is 0 Å². The van der Waals surface area contributed by atoms with Gasteiger partial charge in [-0.25, -0.2) is 0 Å². The van der Waals surface area contributed by atoms with Crippen molar-refractivity contribution in [2.24, 2.45) is 0 Å². The maximum atomic E-state index is 4.87. The molecule has 0 saturated carbocycles. The quantitative estimate of drug-likeness (QED) is 0.863. The number of nitrogens with zero attached hydrogens (tertiary/aromatic N) is 1. The van der Waals surface area contributed by atoms with Crippen molar-refractivity contribution < 1.29 is 0 Å². The molecule has 1 aromatic heterocycles. The standard InChI is InChI=1S/C17H24N2/c1-6-10-18-14-11-15(17(3,4)5)19-16-12(2)8-7-9-13(14)16/h7-9,11H,6,10H2,1-5H3,(H,18,19). The molecule has 0 saturated heterocycles. The van der Waals surface area contributed by atoms with Crippen LogP contribution in [0.1, 0.15) is 45.4 Å². The van der Waals surface area contributed by atoms with Gasteiger partial charge in [0.2, 0.25) is 0 Å². The summed E-state index contributed by atoms with van der Waals surface area (Å²) in [6, 6.07) is 8.59. The molecule has 102 valence electrons. The lowest BCUT2D eigenvalue weighted by atomic mass is 9.90. The lowest BCUT2D eigenvalue weighted by Crippen LogP contribution is -2.15. The van der Waals surface area contributed by atoms with Crippen molar-refractivity contribution in [2.45, 2.75) is 46.5 Å². The summed E-state index contributed by atoms with van der Waals surface area (Å²) in [5.74, 6) is 0. The van der Waals surface area contributed by atoms with E-state index in [0.717, 1.165) is 24.2 Å². The van der Waals surface area contributed by atoms with E-state index >= 15 is 0 Å². The number of nitrogens with one attached hydrogen (secondary N) is 1. The van der Waals surface area contributed by atoms with Crippen LogP contribution < -0.4 is 5.32 Å². The molecule has 0 aliphatic carbocycles. The molecule has 19 heavy (non-hydrogen) atoms. The highest BCUT2D eigenvalue weighted by atomic mass is 14.9. The molecule has 1 N–H and O–H groups in total. The van der Waals surface area contributed by atoms with Crippen LogP contribution in [0.5, 0.6) is 0 Å². The number of fused-ring (bicyclic) bond motifs is 1. The van der Waals surface area contributed by atoms with E-state index in [9.17, 15) is 0 Å². The number of benzene rings is 1. The molecule has 0 fully saturated rings. The van der Waals surface area contributed by atoms with Gasteiger partial charge in [0.15, 0.2) is 0 Å². The minimum absolute atomic E-state index is 0.0686. The van der Waals surface area contributed by atoms with E-state index in [1.807, 2.05) is 0 Å². The molecule has 2 aromatic rings. The van der Waals surface area contributed by atoms with E-state index in [2.05, 4.69) is 64.2 Å². The number of hydrogen-bond acceptors (Lipinski definition) is 2. The maximum absolute atomic E-state index is 4.87. The van der Waals surface area contributed by atoms with E-state index < -0.39 is 0 Å². The summed E-state index contributed by atoms with van der Waals surface area (Å²) in [4.78, 5) is 4.87. The van der Waals surface area contributed by atoms with Crippen LogP contribution in [0.15, 0.2) is 24.3 Å². The summed E-state index contributed by atoms with van der Waals surface area (Å²) in [6.45, 7) is 11.9. The minimum atomic E-state index is 0.0686. The monoisotopic (exact) mass is 256 g/mol. The van der Waals surface area contributed by atoms with Gasteiger partial charge in [-0.1, -0.05) is 45.9 Å².